The van der Waals surface area contributed by atoms with E-state index in [4.69, 9.17) is 4.74 Å². The largest absolute Gasteiger partial charge is 0.475 e. The molecule has 0 bridgehead atoms. The molecule has 1 amide bonds. The number of fused-ring (bicyclic) bond motifs is 1. The number of hydrogen-bond donors (Lipinski definition) is 0. The summed E-state index contributed by atoms with van der Waals surface area (Å²) in [5, 5.41) is 4.47. The van der Waals surface area contributed by atoms with Gasteiger partial charge in [0.15, 0.2) is 0 Å². The van der Waals surface area contributed by atoms with E-state index in [2.05, 4.69) is 5.10 Å². The Morgan fingerprint density at radius 2 is 2.00 bits per heavy atom. The average molecular weight is 433 g/mol. The first kappa shape index (κ1) is 20.9. The Bertz CT molecular complexity index is 1070. The lowest BCUT2D eigenvalue weighted by atomic mass is 9.92. The number of carbonyl (C=O) groups is 1. The van der Waals surface area contributed by atoms with Crippen LogP contribution in [0.5, 0.6) is 5.75 Å². The molecular weight excluding hydrogens is 404 g/mol. The van der Waals surface area contributed by atoms with Crippen molar-refractivity contribution in [3.05, 3.63) is 30.1 Å². The Morgan fingerprint density at radius 1 is 1.27 bits per heavy atom. The first-order valence-corrected chi connectivity index (χ1v) is 11.8. The van der Waals surface area contributed by atoms with Crippen molar-refractivity contribution >= 4 is 21.6 Å². The Labute approximate surface area is 177 Å². The van der Waals surface area contributed by atoms with Crippen LogP contribution in [0.1, 0.15) is 44.7 Å². The highest BCUT2D eigenvalue weighted by Gasteiger charge is 2.31. The third-order valence-corrected chi connectivity index (χ3v) is 7.36. The molecule has 1 aromatic carbocycles. The van der Waals surface area contributed by atoms with Crippen molar-refractivity contribution in [3.8, 4) is 16.9 Å². The summed E-state index contributed by atoms with van der Waals surface area (Å²) >= 11 is 0. The van der Waals surface area contributed by atoms with Gasteiger partial charge in [0.05, 0.1) is 17.9 Å². The SMILES string of the molecule is CC(=O)N1c2ccc(-c3cnn(C4CC4)c3)c(OCS(=O)(=O)N(C)C)c2CCC1C. The van der Waals surface area contributed by atoms with Crippen LogP contribution in [0.3, 0.4) is 0 Å². The van der Waals surface area contributed by atoms with Crippen LogP contribution in [-0.4, -0.2) is 54.5 Å². The molecule has 2 heterocycles. The molecular formula is C21H28N4O4S. The second-order valence-electron chi connectivity index (χ2n) is 8.31. The Balaban J connectivity index is 1.80. The molecule has 1 aliphatic heterocycles. The Kier molecular flexibility index (Phi) is 5.36. The van der Waals surface area contributed by atoms with E-state index < -0.39 is 16.0 Å². The summed E-state index contributed by atoms with van der Waals surface area (Å²) in [4.78, 5) is 14.1. The van der Waals surface area contributed by atoms with Crippen LogP contribution in [0.15, 0.2) is 24.5 Å². The summed E-state index contributed by atoms with van der Waals surface area (Å²) in [6.45, 7) is 3.57. The summed E-state index contributed by atoms with van der Waals surface area (Å²) in [5.74, 6) is 0.0200. The zero-order valence-electron chi connectivity index (χ0n) is 17.8. The number of ether oxygens (including phenoxy) is 1. The normalized spacial score (nSPS) is 19.1. The maximum atomic E-state index is 12.4. The molecule has 2 aliphatic rings. The molecule has 1 aliphatic carbocycles. The first-order valence-electron chi connectivity index (χ1n) is 10.2. The summed E-state index contributed by atoms with van der Waals surface area (Å²) in [5.41, 5.74) is 3.34. The van der Waals surface area contributed by atoms with Gasteiger partial charge < -0.3 is 9.64 Å². The maximum Gasteiger partial charge on any atom is 0.248 e. The van der Waals surface area contributed by atoms with Crippen molar-refractivity contribution in [1.29, 1.82) is 0 Å². The van der Waals surface area contributed by atoms with Gasteiger partial charge in [-0.1, -0.05) is 0 Å². The minimum Gasteiger partial charge on any atom is -0.475 e. The number of nitrogens with zero attached hydrogens (tertiary/aromatic N) is 4. The fourth-order valence-electron chi connectivity index (χ4n) is 3.93. The molecule has 1 saturated carbocycles. The van der Waals surface area contributed by atoms with Crippen molar-refractivity contribution in [2.75, 3.05) is 24.9 Å². The lowest BCUT2D eigenvalue weighted by Gasteiger charge is -2.36. The zero-order valence-corrected chi connectivity index (χ0v) is 18.6. The topological polar surface area (TPSA) is 84.7 Å². The zero-order chi connectivity index (χ0) is 21.6. The molecule has 1 unspecified atom stereocenters. The maximum absolute atomic E-state index is 12.4. The fourth-order valence-corrected chi connectivity index (χ4v) is 4.41. The van der Waals surface area contributed by atoms with Crippen LogP contribution in [0.2, 0.25) is 0 Å². The number of carbonyl (C=O) groups excluding carboxylic acids is 1. The molecule has 8 nitrogen and oxygen atoms in total. The molecule has 4 rings (SSSR count). The van der Waals surface area contributed by atoms with Crippen molar-refractivity contribution in [1.82, 2.24) is 14.1 Å². The van der Waals surface area contributed by atoms with E-state index in [9.17, 15) is 13.2 Å². The standard InChI is InChI=1S/C21H28N4O4S/c1-14-5-8-19-20(25(14)15(2)26)10-9-18(16-11-22-24(12-16)17-6-7-17)21(19)29-13-30(27,28)23(3)4/h9-12,14,17H,5-8,13H2,1-4H3. The minimum absolute atomic E-state index is 0.0374. The number of sulfonamides is 1. The smallest absolute Gasteiger partial charge is 0.248 e. The van der Waals surface area contributed by atoms with Gasteiger partial charge in [-0.25, -0.2) is 12.7 Å². The Hall–Kier alpha value is -2.39. The van der Waals surface area contributed by atoms with Crippen LogP contribution in [0.25, 0.3) is 11.1 Å². The summed E-state index contributed by atoms with van der Waals surface area (Å²) in [7, 11) is -0.581. The van der Waals surface area contributed by atoms with Crippen LogP contribution in [0, 0.1) is 0 Å². The molecule has 0 spiro atoms. The molecule has 0 radical (unpaired) electrons. The number of rotatable bonds is 6. The summed E-state index contributed by atoms with van der Waals surface area (Å²) in [6, 6.07) is 4.36. The van der Waals surface area contributed by atoms with Gasteiger partial charge in [0.1, 0.15) is 5.75 Å². The van der Waals surface area contributed by atoms with Gasteiger partial charge in [-0.2, -0.15) is 5.10 Å². The highest BCUT2D eigenvalue weighted by molar-refractivity contribution is 7.88. The van der Waals surface area contributed by atoms with E-state index in [1.807, 2.05) is 29.9 Å². The monoisotopic (exact) mass is 432 g/mol. The second kappa shape index (κ2) is 7.70. The van der Waals surface area contributed by atoms with Crippen molar-refractivity contribution in [3.63, 3.8) is 0 Å². The van der Waals surface area contributed by atoms with E-state index >= 15 is 0 Å². The van der Waals surface area contributed by atoms with Crippen LogP contribution < -0.4 is 9.64 Å². The average Bonchev–Trinajstić information content (AvgIpc) is 3.42. The minimum atomic E-state index is -3.55. The number of aromatic nitrogens is 2. The third-order valence-electron chi connectivity index (χ3n) is 5.83. The first-order chi connectivity index (χ1) is 14.2. The van der Waals surface area contributed by atoms with Gasteiger partial charge in [0, 0.05) is 49.9 Å². The molecule has 1 fully saturated rings. The van der Waals surface area contributed by atoms with Gasteiger partial charge in [0.25, 0.3) is 0 Å². The van der Waals surface area contributed by atoms with Crippen LogP contribution >= 0.6 is 0 Å². The lowest BCUT2D eigenvalue weighted by molar-refractivity contribution is -0.117. The number of anilines is 1. The van der Waals surface area contributed by atoms with Crippen LogP contribution in [-0.2, 0) is 21.2 Å². The molecule has 0 saturated heterocycles. The van der Waals surface area contributed by atoms with E-state index in [0.717, 1.165) is 45.9 Å². The summed E-state index contributed by atoms with van der Waals surface area (Å²) < 4.78 is 33.8. The van der Waals surface area contributed by atoms with Gasteiger partial charge in [-0.3, -0.25) is 9.48 Å². The number of hydrogen-bond acceptors (Lipinski definition) is 5. The van der Waals surface area contributed by atoms with Gasteiger partial charge in [0.2, 0.25) is 21.9 Å². The van der Waals surface area contributed by atoms with Gasteiger partial charge in [-0.15, -0.1) is 0 Å². The quantitative estimate of drug-likeness (QED) is 0.701. The molecule has 30 heavy (non-hydrogen) atoms. The predicted octanol–water partition coefficient (Wildman–Crippen LogP) is 2.80. The fraction of sp³-hybridized carbons (Fsp3) is 0.524. The van der Waals surface area contributed by atoms with E-state index in [1.54, 1.807) is 18.0 Å². The number of benzene rings is 1. The van der Waals surface area contributed by atoms with Crippen molar-refractivity contribution < 1.29 is 17.9 Å². The lowest BCUT2D eigenvalue weighted by Crippen LogP contribution is -2.41. The summed E-state index contributed by atoms with van der Waals surface area (Å²) in [6.07, 6.45) is 7.53. The predicted molar refractivity (Wildman–Crippen MR) is 115 cm³/mol. The molecule has 1 aromatic heterocycles. The Morgan fingerprint density at radius 3 is 2.63 bits per heavy atom. The molecule has 162 valence electrons. The highest BCUT2D eigenvalue weighted by Crippen LogP contribution is 2.44. The van der Waals surface area contributed by atoms with Crippen molar-refractivity contribution in [2.24, 2.45) is 0 Å². The van der Waals surface area contributed by atoms with E-state index in [0.29, 0.717) is 18.2 Å². The molecule has 9 heteroatoms. The highest BCUT2D eigenvalue weighted by atomic mass is 32.2. The molecule has 1 atom stereocenters. The van der Waals surface area contributed by atoms with Crippen molar-refractivity contribution in [2.45, 2.75) is 51.6 Å². The third kappa shape index (κ3) is 3.83. The van der Waals surface area contributed by atoms with Crippen LogP contribution in [0.4, 0.5) is 5.69 Å². The second-order valence-corrected chi connectivity index (χ2v) is 10.4. The van der Waals surface area contributed by atoms with Gasteiger partial charge in [-0.05, 0) is 44.7 Å². The number of amides is 1. The van der Waals surface area contributed by atoms with Gasteiger partial charge >= 0.3 is 0 Å². The molecule has 2 aromatic rings. The van der Waals surface area contributed by atoms with E-state index in [1.165, 1.54) is 14.1 Å². The molecule has 0 N–H and O–H groups in total. The van der Waals surface area contributed by atoms with E-state index in [-0.39, 0.29) is 11.9 Å².